The van der Waals surface area contributed by atoms with E-state index in [1.807, 2.05) is 35.2 Å². The molecule has 3 saturated heterocycles. The minimum absolute atomic E-state index is 0.0527. The molecule has 4 rings (SSSR count). The number of ether oxygens (including phenoxy) is 1. The summed E-state index contributed by atoms with van der Waals surface area (Å²) in [5, 5.41) is 10.1. The van der Waals surface area contributed by atoms with E-state index in [0.717, 1.165) is 44.7 Å². The van der Waals surface area contributed by atoms with E-state index in [4.69, 9.17) is 14.6 Å². The molecule has 2 N–H and O–H groups in total. The predicted octanol–water partition coefficient (Wildman–Crippen LogP) is 2.74. The van der Waals surface area contributed by atoms with Crippen LogP contribution >= 0.6 is 0 Å². The Morgan fingerprint density at radius 3 is 2.31 bits per heavy atom. The Bertz CT molecular complexity index is 922. The molecule has 9 nitrogen and oxygen atoms in total. The fourth-order valence-electron chi connectivity index (χ4n) is 5.64. The second kappa shape index (κ2) is 11.5. The number of rotatable bonds is 5. The normalized spacial score (nSPS) is 23.3. The maximum Gasteiger partial charge on any atom is 0.490 e. The smallest absolute Gasteiger partial charge is 0.475 e. The first-order chi connectivity index (χ1) is 17.0. The van der Waals surface area contributed by atoms with Crippen molar-refractivity contribution in [2.24, 2.45) is 11.8 Å². The highest BCUT2D eigenvalue weighted by Gasteiger charge is 2.61. The topological polar surface area (TPSA) is 102 Å². The number of nitrogens with one attached hydrogen (secondary N) is 1. The number of methoxy groups -OCH3 is 1. The van der Waals surface area contributed by atoms with Gasteiger partial charge in [-0.15, -0.1) is 0 Å². The number of carbonyl (C=O) groups is 3. The summed E-state index contributed by atoms with van der Waals surface area (Å²) in [6.45, 7) is 7.57. The second-order valence-electron chi connectivity index (χ2n) is 9.24. The van der Waals surface area contributed by atoms with E-state index in [2.05, 4.69) is 22.0 Å². The summed E-state index contributed by atoms with van der Waals surface area (Å²) in [6, 6.07) is 9.51. The minimum atomic E-state index is -5.08. The molecule has 0 aliphatic carbocycles. The number of aliphatic carboxylic acids is 1. The number of fused-ring (bicyclic) bond motifs is 2. The lowest BCUT2D eigenvalue weighted by atomic mass is 9.75. The number of amides is 3. The molecule has 1 spiro atoms. The van der Waals surface area contributed by atoms with Crippen LogP contribution in [0.5, 0.6) is 0 Å². The summed E-state index contributed by atoms with van der Waals surface area (Å²) in [4.78, 5) is 41.1. The number of alkyl halides is 3. The second-order valence-corrected chi connectivity index (χ2v) is 9.24. The molecule has 36 heavy (non-hydrogen) atoms. The number of likely N-dealkylation sites (tertiary alicyclic amines) is 3. The standard InChI is InChI=1S/C22H32N4O3.C2HF3O2/c1-3-26-20(27)18-15-24(13-14-29-2)16-19(18)22(26)9-11-25(12-10-22)21(28)23-17-7-5-4-6-8-17;3-2(4,5)1(6)7/h4-8,18-19H,3,9-16H2,1-2H3,(H,23,28);(H,6,7)/t18-,19+;/m0./s1. The van der Waals surface area contributed by atoms with Crippen molar-refractivity contribution in [3.63, 3.8) is 0 Å². The number of hydrogen-bond acceptors (Lipinski definition) is 5. The van der Waals surface area contributed by atoms with Gasteiger partial charge in [-0.1, -0.05) is 18.2 Å². The number of carboxylic acid groups (broad SMARTS) is 1. The maximum absolute atomic E-state index is 13.1. The number of piperidine rings is 1. The van der Waals surface area contributed by atoms with Gasteiger partial charge in [0.25, 0.3) is 0 Å². The van der Waals surface area contributed by atoms with Gasteiger partial charge in [0.05, 0.1) is 18.1 Å². The molecule has 0 unspecified atom stereocenters. The van der Waals surface area contributed by atoms with Crippen LogP contribution in [-0.4, -0.2) is 102 Å². The number of carbonyl (C=O) groups excluding carboxylic acids is 2. The zero-order valence-corrected chi connectivity index (χ0v) is 20.5. The van der Waals surface area contributed by atoms with Gasteiger partial charge in [-0.3, -0.25) is 9.69 Å². The average molecular weight is 515 g/mol. The SMILES string of the molecule is CCN1C(=O)[C@H]2CN(CCOC)C[C@H]2C12CCN(C(=O)Nc1ccccc1)CC2.O=C(O)C(F)(F)F. The highest BCUT2D eigenvalue weighted by molar-refractivity contribution is 5.89. The Labute approximate surface area is 208 Å². The van der Waals surface area contributed by atoms with Crippen molar-refractivity contribution < 1.29 is 37.4 Å². The van der Waals surface area contributed by atoms with Crippen molar-refractivity contribution in [1.29, 1.82) is 0 Å². The van der Waals surface area contributed by atoms with Gasteiger partial charge in [0.2, 0.25) is 5.91 Å². The Morgan fingerprint density at radius 2 is 1.78 bits per heavy atom. The van der Waals surface area contributed by atoms with E-state index in [1.54, 1.807) is 7.11 Å². The molecule has 1 aromatic rings. The Kier molecular flexibility index (Phi) is 8.83. The van der Waals surface area contributed by atoms with E-state index >= 15 is 0 Å². The van der Waals surface area contributed by atoms with Crippen molar-refractivity contribution in [2.75, 3.05) is 58.3 Å². The summed E-state index contributed by atoms with van der Waals surface area (Å²) < 4.78 is 37.0. The third-order valence-electron chi connectivity index (χ3n) is 7.32. The monoisotopic (exact) mass is 514 g/mol. The van der Waals surface area contributed by atoms with Crippen LogP contribution in [0.25, 0.3) is 0 Å². The molecular formula is C24H33F3N4O5. The quantitative estimate of drug-likeness (QED) is 0.627. The molecule has 200 valence electrons. The zero-order chi connectivity index (χ0) is 26.5. The van der Waals surface area contributed by atoms with Crippen LogP contribution in [0.2, 0.25) is 0 Å². The number of hydrogen-bond donors (Lipinski definition) is 2. The van der Waals surface area contributed by atoms with Gasteiger partial charge in [-0.2, -0.15) is 13.2 Å². The van der Waals surface area contributed by atoms with Crippen molar-refractivity contribution >= 4 is 23.6 Å². The summed E-state index contributed by atoms with van der Waals surface area (Å²) in [5.74, 6) is -2.00. The first-order valence-electron chi connectivity index (χ1n) is 12.0. The van der Waals surface area contributed by atoms with Gasteiger partial charge in [0.1, 0.15) is 0 Å². The molecule has 3 heterocycles. The van der Waals surface area contributed by atoms with E-state index < -0.39 is 12.1 Å². The van der Waals surface area contributed by atoms with Crippen molar-refractivity contribution in [2.45, 2.75) is 31.5 Å². The number of benzene rings is 1. The summed E-state index contributed by atoms with van der Waals surface area (Å²) in [6.07, 6.45) is -3.37. The van der Waals surface area contributed by atoms with Crippen LogP contribution in [0, 0.1) is 11.8 Å². The van der Waals surface area contributed by atoms with Gasteiger partial charge in [0.15, 0.2) is 0 Å². The molecule has 3 aliphatic rings. The molecule has 0 radical (unpaired) electrons. The Hall–Kier alpha value is -2.86. The lowest BCUT2D eigenvalue weighted by Crippen LogP contribution is -2.58. The van der Waals surface area contributed by atoms with Gasteiger partial charge < -0.3 is 25.0 Å². The lowest BCUT2D eigenvalue weighted by molar-refractivity contribution is -0.192. The van der Waals surface area contributed by atoms with Crippen LogP contribution in [0.3, 0.4) is 0 Å². The molecule has 3 aliphatic heterocycles. The van der Waals surface area contributed by atoms with Crippen molar-refractivity contribution in [1.82, 2.24) is 14.7 Å². The van der Waals surface area contributed by atoms with Gasteiger partial charge >= 0.3 is 18.2 Å². The van der Waals surface area contributed by atoms with E-state index in [-0.39, 0.29) is 17.5 Å². The number of para-hydroxylation sites is 1. The summed E-state index contributed by atoms with van der Waals surface area (Å²) >= 11 is 0. The molecule has 1 aromatic carbocycles. The van der Waals surface area contributed by atoms with Crippen LogP contribution in [0.15, 0.2) is 30.3 Å². The van der Waals surface area contributed by atoms with Gasteiger partial charge in [-0.05, 0) is 31.9 Å². The number of urea groups is 1. The van der Waals surface area contributed by atoms with Crippen LogP contribution < -0.4 is 5.32 Å². The largest absolute Gasteiger partial charge is 0.490 e. The Balaban J connectivity index is 0.000000454. The lowest BCUT2D eigenvalue weighted by Gasteiger charge is -2.47. The highest BCUT2D eigenvalue weighted by atomic mass is 19.4. The number of halogens is 3. The van der Waals surface area contributed by atoms with E-state index in [0.29, 0.717) is 31.5 Å². The number of nitrogens with zero attached hydrogens (tertiary/aromatic N) is 3. The van der Waals surface area contributed by atoms with Crippen molar-refractivity contribution in [3.8, 4) is 0 Å². The molecule has 12 heteroatoms. The predicted molar refractivity (Wildman–Crippen MR) is 125 cm³/mol. The van der Waals surface area contributed by atoms with Gasteiger partial charge in [-0.25, -0.2) is 9.59 Å². The maximum atomic E-state index is 13.1. The fraction of sp³-hybridized carbons (Fsp3) is 0.625. The molecular weight excluding hydrogens is 481 g/mol. The van der Waals surface area contributed by atoms with Gasteiger partial charge in [0, 0.05) is 58.0 Å². The van der Waals surface area contributed by atoms with E-state index in [9.17, 15) is 22.8 Å². The zero-order valence-electron chi connectivity index (χ0n) is 20.5. The first kappa shape index (κ1) is 27.7. The number of carboxylic acids is 1. The highest BCUT2D eigenvalue weighted by Crippen LogP contribution is 2.49. The molecule has 0 saturated carbocycles. The van der Waals surface area contributed by atoms with Crippen LogP contribution in [-0.2, 0) is 14.3 Å². The molecule has 3 amide bonds. The molecule has 2 atom stereocenters. The van der Waals surface area contributed by atoms with E-state index in [1.165, 1.54) is 0 Å². The third-order valence-corrected chi connectivity index (χ3v) is 7.32. The van der Waals surface area contributed by atoms with Crippen molar-refractivity contribution in [3.05, 3.63) is 30.3 Å². The minimum Gasteiger partial charge on any atom is -0.475 e. The molecule has 3 fully saturated rings. The van der Waals surface area contributed by atoms with Crippen LogP contribution in [0.4, 0.5) is 23.7 Å². The summed E-state index contributed by atoms with van der Waals surface area (Å²) in [5.41, 5.74) is 0.704. The first-order valence-corrected chi connectivity index (χ1v) is 12.0. The fourth-order valence-corrected chi connectivity index (χ4v) is 5.64. The Morgan fingerprint density at radius 1 is 1.17 bits per heavy atom. The number of anilines is 1. The van der Waals surface area contributed by atoms with Crippen LogP contribution in [0.1, 0.15) is 19.8 Å². The summed E-state index contributed by atoms with van der Waals surface area (Å²) in [7, 11) is 1.72. The average Bonchev–Trinajstić information content (AvgIpc) is 3.36. The molecule has 0 bridgehead atoms. The third kappa shape index (κ3) is 5.92. The molecule has 0 aromatic heterocycles.